The van der Waals surface area contributed by atoms with Gasteiger partial charge in [0.05, 0.1) is 26.4 Å². The van der Waals surface area contributed by atoms with Gasteiger partial charge in [-0.1, -0.05) is 452 Å². The van der Waals surface area contributed by atoms with Gasteiger partial charge in [0.1, 0.15) is 19.3 Å². The van der Waals surface area contributed by atoms with Gasteiger partial charge in [-0.15, -0.1) is 0 Å². The first-order valence-corrected chi connectivity index (χ1v) is 50.7. The van der Waals surface area contributed by atoms with Gasteiger partial charge in [-0.2, -0.15) is 0 Å². The van der Waals surface area contributed by atoms with Crippen LogP contribution < -0.4 is 0 Å². The minimum Gasteiger partial charge on any atom is -0.462 e. The van der Waals surface area contributed by atoms with Crippen molar-refractivity contribution >= 4 is 39.5 Å². The first kappa shape index (κ1) is 109. The Morgan fingerprint density at radius 1 is 0.252 bits per heavy atom. The molecule has 17 nitrogen and oxygen atoms in total. The molecule has 0 aromatic carbocycles. The van der Waals surface area contributed by atoms with E-state index in [0.717, 1.165) is 95.8 Å². The molecule has 0 radical (unpaired) electrons. The van der Waals surface area contributed by atoms with Crippen LogP contribution in [0.25, 0.3) is 0 Å². The topological polar surface area (TPSA) is 237 Å². The van der Waals surface area contributed by atoms with Crippen molar-refractivity contribution in [1.29, 1.82) is 0 Å². The maximum Gasteiger partial charge on any atom is 0.472 e. The predicted molar refractivity (Wildman–Crippen MR) is 460 cm³/mol. The zero-order chi connectivity index (χ0) is 81.1. The Morgan fingerprint density at radius 3 is 0.640 bits per heavy atom. The average Bonchev–Trinajstić information content (AvgIpc) is 0.894. The number of hydrogen-bond donors (Lipinski definition) is 3. The molecule has 3 unspecified atom stereocenters. The molecular formula is C92H180O17P2. The van der Waals surface area contributed by atoms with Gasteiger partial charge in [-0.05, 0) is 31.6 Å². The van der Waals surface area contributed by atoms with E-state index in [-0.39, 0.29) is 25.7 Å². The molecule has 0 aliphatic rings. The lowest BCUT2D eigenvalue weighted by molar-refractivity contribution is -0.161. The number of esters is 4. The highest BCUT2D eigenvalue weighted by atomic mass is 31.2. The number of phosphoric ester groups is 2. The van der Waals surface area contributed by atoms with Crippen LogP contribution in [0.1, 0.15) is 503 Å². The zero-order valence-electron chi connectivity index (χ0n) is 73.1. The van der Waals surface area contributed by atoms with E-state index < -0.39 is 97.5 Å². The first-order chi connectivity index (χ1) is 54.1. The van der Waals surface area contributed by atoms with E-state index in [9.17, 15) is 43.2 Å². The maximum absolute atomic E-state index is 13.2. The molecule has 0 amide bonds. The van der Waals surface area contributed by atoms with Gasteiger partial charge < -0.3 is 33.8 Å². The summed E-state index contributed by atoms with van der Waals surface area (Å²) in [6.45, 7) is 7.40. The van der Waals surface area contributed by atoms with Gasteiger partial charge in [0, 0.05) is 25.7 Å². The fourth-order valence-corrected chi connectivity index (χ4v) is 16.1. The Bertz CT molecular complexity index is 2100. The summed E-state index contributed by atoms with van der Waals surface area (Å²) in [7, 11) is -9.94. The molecule has 660 valence electrons. The van der Waals surface area contributed by atoms with E-state index in [1.54, 1.807) is 0 Å². The Labute approximate surface area is 683 Å². The van der Waals surface area contributed by atoms with E-state index in [1.165, 1.54) is 327 Å². The van der Waals surface area contributed by atoms with Crippen LogP contribution in [0.15, 0.2) is 0 Å². The molecule has 0 bridgehead atoms. The highest BCUT2D eigenvalue weighted by molar-refractivity contribution is 7.47. The normalized spacial score (nSPS) is 13.9. The molecule has 0 fully saturated rings. The fourth-order valence-electron chi connectivity index (χ4n) is 14.5. The second kappa shape index (κ2) is 84.5. The van der Waals surface area contributed by atoms with Crippen molar-refractivity contribution in [3.63, 3.8) is 0 Å². The van der Waals surface area contributed by atoms with Crippen LogP contribution in [0.4, 0.5) is 0 Å². The van der Waals surface area contributed by atoms with Gasteiger partial charge in [-0.25, -0.2) is 9.13 Å². The molecule has 0 aliphatic carbocycles. The molecule has 19 heteroatoms. The summed E-state index contributed by atoms with van der Waals surface area (Å²) in [5.41, 5.74) is 0. The Morgan fingerprint density at radius 2 is 0.432 bits per heavy atom. The van der Waals surface area contributed by atoms with Crippen LogP contribution in [-0.2, 0) is 65.4 Å². The molecule has 111 heavy (non-hydrogen) atoms. The number of carbonyl (C=O) groups excluding carboxylic acids is 4. The van der Waals surface area contributed by atoms with Crippen molar-refractivity contribution in [1.82, 2.24) is 0 Å². The van der Waals surface area contributed by atoms with E-state index in [2.05, 4.69) is 34.6 Å². The number of aliphatic hydroxyl groups is 1. The van der Waals surface area contributed by atoms with Crippen molar-refractivity contribution < 1.29 is 80.2 Å². The summed E-state index contributed by atoms with van der Waals surface area (Å²) in [4.78, 5) is 73.4. The number of aliphatic hydroxyl groups excluding tert-OH is 1. The lowest BCUT2D eigenvalue weighted by atomic mass is 9.99. The summed E-state index contributed by atoms with van der Waals surface area (Å²) >= 11 is 0. The molecule has 0 saturated carbocycles. The minimum absolute atomic E-state index is 0.108. The molecule has 0 aromatic rings. The minimum atomic E-state index is -4.97. The quantitative estimate of drug-likeness (QED) is 0.0222. The third kappa shape index (κ3) is 84.3. The third-order valence-electron chi connectivity index (χ3n) is 22.1. The van der Waals surface area contributed by atoms with Crippen LogP contribution >= 0.6 is 15.6 Å². The zero-order valence-corrected chi connectivity index (χ0v) is 74.9. The Hall–Kier alpha value is -1.94. The van der Waals surface area contributed by atoms with Crippen molar-refractivity contribution in [2.75, 3.05) is 39.6 Å². The molecule has 0 saturated heterocycles. The number of hydrogen-bond acceptors (Lipinski definition) is 15. The molecule has 0 spiro atoms. The largest absolute Gasteiger partial charge is 0.472 e. The van der Waals surface area contributed by atoms with Crippen molar-refractivity contribution in [3.05, 3.63) is 0 Å². The van der Waals surface area contributed by atoms with E-state index in [0.29, 0.717) is 25.7 Å². The molecule has 3 N–H and O–H groups in total. The predicted octanol–water partition coefficient (Wildman–Crippen LogP) is 28.7. The van der Waals surface area contributed by atoms with Crippen LogP contribution in [0.2, 0.25) is 0 Å². The molecule has 0 aromatic heterocycles. The fraction of sp³-hybridized carbons (Fsp3) is 0.957. The SMILES string of the molecule is CCCCCCCCCCCCCCCCCCCCCCCCC(=O)OC[C@H](COP(=O)(O)OC[C@@H](O)COP(=O)(O)OC[C@@H](COC(=O)CCCCCCCCCCC(C)CC)OC(=O)CCCCCCCCCCCCCCCCC)OC(=O)CCCCCCCCCCCCCCCCCCCCCCCC. The van der Waals surface area contributed by atoms with E-state index >= 15 is 0 Å². The standard InChI is InChI=1S/C92H180O17P2/c1-6-10-13-16-19-22-25-28-31-33-35-37-39-41-43-46-48-51-54-60-65-70-75-89(94)102-81-87(108-91(96)78-73-68-63-56-53-50-47-44-42-40-38-36-34-32-29-26-23-20-17-14-11-7-2)83-106-110(98,99)104-79-86(93)80-105-111(100,101)107-84-88(82-103-90(95)76-71-66-61-58-57-59-64-69-74-85(5)9-4)109-92(97)77-72-67-62-55-52-49-45-30-27-24-21-18-15-12-8-3/h85-88,93H,6-84H2,1-5H3,(H,98,99)(H,100,101)/t85?,86-,87-,88-/m1/s1. The Balaban J connectivity index is 5.23. The average molecular weight is 1620 g/mol. The number of rotatable bonds is 92. The molecule has 6 atom stereocenters. The summed E-state index contributed by atoms with van der Waals surface area (Å²) < 4.78 is 69.1. The van der Waals surface area contributed by atoms with Crippen LogP contribution in [0.3, 0.4) is 0 Å². The first-order valence-electron chi connectivity index (χ1n) is 47.7. The van der Waals surface area contributed by atoms with E-state index in [4.69, 9.17) is 37.0 Å². The van der Waals surface area contributed by atoms with Gasteiger partial charge in [0.25, 0.3) is 0 Å². The summed E-state index contributed by atoms with van der Waals surface area (Å²) in [6.07, 6.45) is 80.7. The van der Waals surface area contributed by atoms with Crippen molar-refractivity contribution in [3.8, 4) is 0 Å². The number of carbonyl (C=O) groups is 4. The number of phosphoric acid groups is 2. The smallest absolute Gasteiger partial charge is 0.462 e. The highest BCUT2D eigenvalue weighted by Gasteiger charge is 2.31. The molecule has 0 aliphatic heterocycles. The van der Waals surface area contributed by atoms with Crippen LogP contribution in [0, 0.1) is 5.92 Å². The second-order valence-electron chi connectivity index (χ2n) is 33.3. The van der Waals surface area contributed by atoms with Gasteiger partial charge >= 0.3 is 39.5 Å². The molecule has 0 heterocycles. The van der Waals surface area contributed by atoms with Crippen LogP contribution in [-0.4, -0.2) is 96.7 Å². The summed E-state index contributed by atoms with van der Waals surface area (Å²) in [6, 6.07) is 0. The van der Waals surface area contributed by atoms with Crippen LogP contribution in [0.5, 0.6) is 0 Å². The molecule has 0 rings (SSSR count). The summed E-state index contributed by atoms with van der Waals surface area (Å²) in [5.74, 6) is -1.32. The van der Waals surface area contributed by atoms with Crippen molar-refractivity contribution in [2.24, 2.45) is 5.92 Å². The monoisotopic (exact) mass is 1620 g/mol. The number of unbranched alkanes of at least 4 members (excludes halogenated alkanes) is 63. The second-order valence-corrected chi connectivity index (χ2v) is 36.2. The maximum atomic E-state index is 13.2. The summed E-state index contributed by atoms with van der Waals surface area (Å²) in [5, 5.41) is 10.7. The lowest BCUT2D eigenvalue weighted by Gasteiger charge is -2.21. The van der Waals surface area contributed by atoms with Crippen molar-refractivity contribution in [2.45, 2.75) is 522 Å². The van der Waals surface area contributed by atoms with Gasteiger partial charge in [0.15, 0.2) is 12.2 Å². The Kier molecular flexibility index (Phi) is 83.0. The van der Waals surface area contributed by atoms with Gasteiger partial charge in [0.2, 0.25) is 0 Å². The number of ether oxygens (including phenoxy) is 4. The van der Waals surface area contributed by atoms with Gasteiger partial charge in [-0.3, -0.25) is 37.3 Å². The highest BCUT2D eigenvalue weighted by Crippen LogP contribution is 2.45. The van der Waals surface area contributed by atoms with E-state index in [1.807, 2.05) is 0 Å². The lowest BCUT2D eigenvalue weighted by Crippen LogP contribution is -2.30. The third-order valence-corrected chi connectivity index (χ3v) is 24.0. The molecular weight excluding hydrogens is 1440 g/mol.